The van der Waals surface area contributed by atoms with Gasteiger partial charge in [0.25, 0.3) is 0 Å². The molecule has 2 aromatic rings. The van der Waals surface area contributed by atoms with Crippen LogP contribution in [-0.2, 0) is 6.42 Å². The summed E-state index contributed by atoms with van der Waals surface area (Å²) in [5.41, 5.74) is 7.53. The van der Waals surface area contributed by atoms with Gasteiger partial charge in [0.05, 0.1) is 11.2 Å². The number of benzene rings is 1. The maximum atomic E-state index is 10.9. The molecule has 0 amide bonds. The second kappa shape index (κ2) is 4.37. The molecule has 0 unspecified atom stereocenters. The summed E-state index contributed by atoms with van der Waals surface area (Å²) in [6.07, 6.45) is 1.86. The summed E-state index contributed by atoms with van der Waals surface area (Å²) >= 11 is 0. The molecule has 5 heteroatoms. The number of aromatic nitrogens is 2. The maximum Gasteiger partial charge on any atom is 0.358 e. The number of nitrogen functional groups attached to an aromatic ring is 1. The number of hydrogen-bond acceptors (Lipinski definition) is 4. The highest BCUT2D eigenvalue weighted by Gasteiger charge is 2.15. The van der Waals surface area contributed by atoms with E-state index < -0.39 is 5.97 Å². The van der Waals surface area contributed by atoms with Crippen LogP contribution in [0.25, 0.3) is 10.9 Å². The molecule has 2 rings (SSSR count). The Kier molecular flexibility index (Phi) is 2.91. The van der Waals surface area contributed by atoms with Crippen molar-refractivity contribution in [3.8, 4) is 0 Å². The molecule has 0 spiro atoms. The zero-order chi connectivity index (χ0) is 12.4. The van der Waals surface area contributed by atoms with E-state index in [9.17, 15) is 4.79 Å². The van der Waals surface area contributed by atoms with E-state index >= 15 is 0 Å². The minimum absolute atomic E-state index is 0.181. The molecule has 5 nitrogen and oxygen atoms in total. The predicted molar refractivity (Wildman–Crippen MR) is 64.9 cm³/mol. The van der Waals surface area contributed by atoms with Crippen LogP contribution >= 0.6 is 0 Å². The summed E-state index contributed by atoms with van der Waals surface area (Å²) in [6, 6.07) is 5.59. The minimum atomic E-state index is -1.15. The maximum absolute atomic E-state index is 10.9. The smallest absolute Gasteiger partial charge is 0.358 e. The standard InChI is InChI=1S/C12H13N3O2/c1-2-4-7-5-3-6-8-9(13)11(12(16)17)15-14-10(7)8/h3,5-6H,2,4H2,1H3,(H2,13,14)(H,16,17). The molecule has 0 aliphatic carbocycles. The van der Waals surface area contributed by atoms with Crippen molar-refractivity contribution in [1.29, 1.82) is 0 Å². The van der Waals surface area contributed by atoms with Crippen LogP contribution in [0.2, 0.25) is 0 Å². The molecule has 0 saturated heterocycles. The average Bonchev–Trinajstić information content (AvgIpc) is 2.30. The van der Waals surface area contributed by atoms with Gasteiger partial charge in [-0.25, -0.2) is 4.79 Å². The number of aromatic carboxylic acids is 1. The lowest BCUT2D eigenvalue weighted by molar-refractivity contribution is 0.0691. The van der Waals surface area contributed by atoms with Crippen molar-refractivity contribution in [2.45, 2.75) is 19.8 Å². The number of aryl methyl sites for hydroxylation is 1. The topological polar surface area (TPSA) is 89.1 Å². The third-order valence-corrected chi connectivity index (χ3v) is 2.64. The van der Waals surface area contributed by atoms with E-state index in [2.05, 4.69) is 17.1 Å². The van der Waals surface area contributed by atoms with Crippen LogP contribution in [0.3, 0.4) is 0 Å². The van der Waals surface area contributed by atoms with Crippen molar-refractivity contribution in [2.24, 2.45) is 0 Å². The highest BCUT2D eigenvalue weighted by Crippen LogP contribution is 2.24. The van der Waals surface area contributed by atoms with Gasteiger partial charge in [0.15, 0.2) is 5.69 Å². The van der Waals surface area contributed by atoms with Gasteiger partial charge in [-0.1, -0.05) is 31.5 Å². The van der Waals surface area contributed by atoms with Crippen molar-refractivity contribution in [2.75, 3.05) is 5.73 Å². The molecule has 0 fully saturated rings. The van der Waals surface area contributed by atoms with E-state index in [1.807, 2.05) is 12.1 Å². The van der Waals surface area contributed by atoms with Crippen molar-refractivity contribution in [3.63, 3.8) is 0 Å². The van der Waals surface area contributed by atoms with Gasteiger partial charge < -0.3 is 10.8 Å². The number of rotatable bonds is 3. The summed E-state index contributed by atoms with van der Waals surface area (Å²) < 4.78 is 0. The van der Waals surface area contributed by atoms with Crippen molar-refractivity contribution >= 4 is 22.6 Å². The molecule has 1 heterocycles. The Morgan fingerprint density at radius 3 is 2.82 bits per heavy atom. The highest BCUT2D eigenvalue weighted by molar-refractivity contribution is 6.02. The van der Waals surface area contributed by atoms with E-state index in [-0.39, 0.29) is 11.4 Å². The summed E-state index contributed by atoms with van der Waals surface area (Å²) in [5.74, 6) is -1.15. The molecule has 1 aromatic heterocycles. The Morgan fingerprint density at radius 1 is 1.41 bits per heavy atom. The first-order chi connectivity index (χ1) is 8.15. The van der Waals surface area contributed by atoms with Gasteiger partial charge >= 0.3 is 5.97 Å². The number of carbonyl (C=O) groups is 1. The van der Waals surface area contributed by atoms with Crippen LogP contribution in [0.15, 0.2) is 18.2 Å². The van der Waals surface area contributed by atoms with E-state index in [0.29, 0.717) is 10.9 Å². The third-order valence-electron chi connectivity index (χ3n) is 2.64. The largest absolute Gasteiger partial charge is 0.476 e. The first-order valence-electron chi connectivity index (χ1n) is 5.42. The fraction of sp³-hybridized carbons (Fsp3) is 0.250. The van der Waals surface area contributed by atoms with Crippen molar-refractivity contribution < 1.29 is 9.90 Å². The zero-order valence-electron chi connectivity index (χ0n) is 9.47. The van der Waals surface area contributed by atoms with Gasteiger partial charge in [-0.2, -0.15) is 0 Å². The second-order valence-corrected chi connectivity index (χ2v) is 3.83. The number of fused-ring (bicyclic) bond motifs is 1. The van der Waals surface area contributed by atoms with E-state index in [4.69, 9.17) is 10.8 Å². The van der Waals surface area contributed by atoms with Crippen LogP contribution < -0.4 is 5.73 Å². The fourth-order valence-corrected chi connectivity index (χ4v) is 1.84. The average molecular weight is 231 g/mol. The molecule has 0 bridgehead atoms. The molecular weight excluding hydrogens is 218 g/mol. The Bertz CT molecular complexity index is 581. The minimum Gasteiger partial charge on any atom is -0.476 e. The first-order valence-corrected chi connectivity index (χ1v) is 5.42. The predicted octanol–water partition coefficient (Wildman–Crippen LogP) is 1.86. The summed E-state index contributed by atoms with van der Waals surface area (Å²) in [7, 11) is 0. The van der Waals surface area contributed by atoms with Crippen LogP contribution in [-0.4, -0.2) is 21.3 Å². The van der Waals surface area contributed by atoms with Crippen LogP contribution in [0.1, 0.15) is 29.4 Å². The molecule has 0 aliphatic heterocycles. The molecule has 1 aromatic carbocycles. The lowest BCUT2D eigenvalue weighted by atomic mass is 10.0. The van der Waals surface area contributed by atoms with Gasteiger partial charge in [-0.05, 0) is 12.0 Å². The van der Waals surface area contributed by atoms with Crippen LogP contribution in [0.5, 0.6) is 0 Å². The van der Waals surface area contributed by atoms with E-state index in [0.717, 1.165) is 18.4 Å². The molecule has 0 atom stereocenters. The van der Waals surface area contributed by atoms with Crippen LogP contribution in [0, 0.1) is 0 Å². The summed E-state index contributed by atoms with van der Waals surface area (Å²) in [5, 5.41) is 17.2. The van der Waals surface area contributed by atoms with Gasteiger partial charge in [-0.15, -0.1) is 10.2 Å². The normalized spacial score (nSPS) is 10.6. The van der Waals surface area contributed by atoms with Gasteiger partial charge in [0.2, 0.25) is 0 Å². The number of nitrogens with zero attached hydrogens (tertiary/aromatic N) is 2. The Hall–Kier alpha value is -2.17. The molecule has 0 radical (unpaired) electrons. The van der Waals surface area contributed by atoms with Crippen LogP contribution in [0.4, 0.5) is 5.69 Å². The molecule has 17 heavy (non-hydrogen) atoms. The van der Waals surface area contributed by atoms with Crippen molar-refractivity contribution in [1.82, 2.24) is 10.2 Å². The fourth-order valence-electron chi connectivity index (χ4n) is 1.84. The van der Waals surface area contributed by atoms with Gasteiger partial charge in [0, 0.05) is 5.39 Å². The van der Waals surface area contributed by atoms with E-state index in [1.54, 1.807) is 6.07 Å². The lowest BCUT2D eigenvalue weighted by Gasteiger charge is -2.07. The zero-order valence-corrected chi connectivity index (χ0v) is 9.47. The highest BCUT2D eigenvalue weighted by atomic mass is 16.4. The second-order valence-electron chi connectivity index (χ2n) is 3.83. The lowest BCUT2D eigenvalue weighted by Crippen LogP contribution is -2.08. The number of anilines is 1. The summed E-state index contributed by atoms with van der Waals surface area (Å²) in [4.78, 5) is 10.9. The molecule has 3 N–H and O–H groups in total. The number of hydrogen-bond donors (Lipinski definition) is 2. The van der Waals surface area contributed by atoms with Crippen molar-refractivity contribution in [3.05, 3.63) is 29.5 Å². The SMILES string of the molecule is CCCc1cccc2c(N)c(C(=O)O)nnc12. The van der Waals surface area contributed by atoms with Gasteiger partial charge in [-0.3, -0.25) is 0 Å². The molecule has 0 saturated carbocycles. The number of nitrogens with two attached hydrogens (primary N) is 1. The Balaban J connectivity index is 2.71. The molecule has 0 aliphatic rings. The van der Waals surface area contributed by atoms with Gasteiger partial charge in [0.1, 0.15) is 0 Å². The monoisotopic (exact) mass is 231 g/mol. The first kappa shape index (κ1) is 11.3. The number of carboxylic acids is 1. The quantitative estimate of drug-likeness (QED) is 0.841. The number of carboxylic acid groups (broad SMARTS) is 1. The Morgan fingerprint density at radius 2 is 2.18 bits per heavy atom. The van der Waals surface area contributed by atoms with E-state index in [1.165, 1.54) is 0 Å². The third kappa shape index (κ3) is 1.91. The Labute approximate surface area is 98.3 Å². The summed E-state index contributed by atoms with van der Waals surface area (Å²) in [6.45, 7) is 2.07. The molecular formula is C12H13N3O2. The molecule has 88 valence electrons.